The smallest absolute Gasteiger partial charge is 0.298 e. The zero-order valence-electron chi connectivity index (χ0n) is 11.0. The second kappa shape index (κ2) is 5.10. The first-order chi connectivity index (χ1) is 8.22. The largest absolute Gasteiger partial charge is 0.326 e. The molecular formula is C14H22N2O. The van der Waals surface area contributed by atoms with Crippen LogP contribution in [-0.4, -0.2) is 47.4 Å². The van der Waals surface area contributed by atoms with Crippen molar-refractivity contribution in [1.82, 2.24) is 9.80 Å². The Hall–Kier alpha value is -1.01. The van der Waals surface area contributed by atoms with Crippen molar-refractivity contribution >= 4 is 5.91 Å². The zero-order valence-corrected chi connectivity index (χ0v) is 11.0. The molecule has 0 saturated carbocycles. The average molecular weight is 234 g/mol. The molecule has 0 N–H and O–H groups in total. The summed E-state index contributed by atoms with van der Waals surface area (Å²) in [7, 11) is 0. The molecule has 94 valence electrons. The molecule has 0 aromatic heterocycles. The van der Waals surface area contributed by atoms with Crippen molar-refractivity contribution in [3.05, 3.63) is 0 Å². The standard InChI is InChI=1S/C14H22N2O/c1-3-6-13(17)16-10-5-7-14(16)8-11-15(4-2)12-9-14/h4-5,7-12H2,1-2H3. The Morgan fingerprint density at radius 1 is 1.24 bits per heavy atom. The number of rotatable bonds is 1. The number of hydrogen-bond acceptors (Lipinski definition) is 2. The topological polar surface area (TPSA) is 23.6 Å². The maximum Gasteiger partial charge on any atom is 0.298 e. The lowest BCUT2D eigenvalue weighted by Crippen LogP contribution is -2.53. The summed E-state index contributed by atoms with van der Waals surface area (Å²) >= 11 is 0. The first-order valence-electron chi connectivity index (χ1n) is 6.68. The second-order valence-electron chi connectivity index (χ2n) is 5.09. The van der Waals surface area contributed by atoms with Crippen LogP contribution >= 0.6 is 0 Å². The summed E-state index contributed by atoms with van der Waals surface area (Å²) in [6.45, 7) is 8.22. The van der Waals surface area contributed by atoms with Gasteiger partial charge in [-0.15, -0.1) is 0 Å². The number of nitrogens with zero attached hydrogens (tertiary/aromatic N) is 2. The highest BCUT2D eigenvalue weighted by Crippen LogP contribution is 2.38. The van der Waals surface area contributed by atoms with Crippen LogP contribution < -0.4 is 0 Å². The lowest BCUT2D eigenvalue weighted by atomic mass is 9.85. The summed E-state index contributed by atoms with van der Waals surface area (Å²) in [4.78, 5) is 16.5. The minimum absolute atomic E-state index is 0.0370. The van der Waals surface area contributed by atoms with Gasteiger partial charge >= 0.3 is 0 Å². The van der Waals surface area contributed by atoms with Gasteiger partial charge in [-0.05, 0) is 45.1 Å². The molecule has 2 aliphatic rings. The Labute approximate surface area is 104 Å². The molecule has 0 radical (unpaired) electrons. The third-order valence-corrected chi connectivity index (χ3v) is 4.31. The van der Waals surface area contributed by atoms with Crippen molar-refractivity contribution in [2.24, 2.45) is 0 Å². The van der Waals surface area contributed by atoms with Gasteiger partial charge in [-0.1, -0.05) is 12.8 Å². The predicted molar refractivity (Wildman–Crippen MR) is 68.5 cm³/mol. The Balaban J connectivity index is 2.08. The molecule has 0 unspecified atom stereocenters. The van der Waals surface area contributed by atoms with Gasteiger partial charge in [-0.2, -0.15) is 0 Å². The van der Waals surface area contributed by atoms with E-state index in [4.69, 9.17) is 0 Å². The molecule has 1 amide bonds. The maximum atomic E-state index is 12.0. The monoisotopic (exact) mass is 234 g/mol. The van der Waals surface area contributed by atoms with Gasteiger partial charge in [-0.3, -0.25) is 4.79 Å². The fraction of sp³-hybridized carbons (Fsp3) is 0.786. The molecule has 1 spiro atoms. The van der Waals surface area contributed by atoms with E-state index in [0.29, 0.717) is 0 Å². The molecule has 2 fully saturated rings. The molecule has 3 heteroatoms. The van der Waals surface area contributed by atoms with Crippen LogP contribution in [0.5, 0.6) is 0 Å². The van der Waals surface area contributed by atoms with Gasteiger partial charge in [0.1, 0.15) is 0 Å². The molecular weight excluding hydrogens is 212 g/mol. The molecule has 2 heterocycles. The molecule has 0 bridgehead atoms. The Bertz CT molecular complexity index is 345. The fourth-order valence-corrected chi connectivity index (χ4v) is 3.24. The zero-order chi connectivity index (χ0) is 12.3. The Morgan fingerprint density at radius 3 is 2.53 bits per heavy atom. The van der Waals surface area contributed by atoms with Crippen molar-refractivity contribution in [1.29, 1.82) is 0 Å². The molecule has 0 aromatic carbocycles. The summed E-state index contributed by atoms with van der Waals surface area (Å²) in [5, 5.41) is 0. The van der Waals surface area contributed by atoms with E-state index in [2.05, 4.69) is 28.6 Å². The number of carbonyl (C=O) groups excluding carboxylic acids is 1. The van der Waals surface area contributed by atoms with Crippen LogP contribution in [0, 0.1) is 11.8 Å². The van der Waals surface area contributed by atoms with E-state index in [-0.39, 0.29) is 11.4 Å². The summed E-state index contributed by atoms with van der Waals surface area (Å²) in [6.07, 6.45) is 4.56. The Morgan fingerprint density at radius 2 is 1.94 bits per heavy atom. The molecule has 3 nitrogen and oxygen atoms in total. The van der Waals surface area contributed by atoms with Crippen LogP contribution in [0.4, 0.5) is 0 Å². The van der Waals surface area contributed by atoms with Crippen molar-refractivity contribution in [3.8, 4) is 11.8 Å². The highest BCUT2D eigenvalue weighted by molar-refractivity contribution is 5.94. The lowest BCUT2D eigenvalue weighted by molar-refractivity contribution is -0.130. The molecule has 0 atom stereocenters. The van der Waals surface area contributed by atoms with Crippen LogP contribution in [0.3, 0.4) is 0 Å². The van der Waals surface area contributed by atoms with Crippen LogP contribution in [0.25, 0.3) is 0 Å². The minimum Gasteiger partial charge on any atom is -0.326 e. The summed E-state index contributed by atoms with van der Waals surface area (Å²) < 4.78 is 0. The average Bonchev–Trinajstić information content (AvgIpc) is 2.74. The van der Waals surface area contributed by atoms with Gasteiger partial charge in [0.25, 0.3) is 5.91 Å². The fourth-order valence-electron chi connectivity index (χ4n) is 3.24. The second-order valence-corrected chi connectivity index (χ2v) is 5.09. The minimum atomic E-state index is 0.0370. The number of amides is 1. The quantitative estimate of drug-likeness (QED) is 0.642. The van der Waals surface area contributed by atoms with Crippen LogP contribution in [0.15, 0.2) is 0 Å². The maximum absolute atomic E-state index is 12.0. The lowest BCUT2D eigenvalue weighted by Gasteiger charge is -2.44. The molecule has 2 aliphatic heterocycles. The number of hydrogen-bond donors (Lipinski definition) is 0. The highest BCUT2D eigenvalue weighted by atomic mass is 16.2. The normalized spacial score (nSPS) is 23.5. The van der Waals surface area contributed by atoms with Gasteiger partial charge in [0.2, 0.25) is 0 Å². The molecule has 17 heavy (non-hydrogen) atoms. The van der Waals surface area contributed by atoms with E-state index in [1.807, 2.05) is 0 Å². The predicted octanol–water partition coefficient (Wildman–Crippen LogP) is 1.49. The van der Waals surface area contributed by atoms with Crippen LogP contribution in [-0.2, 0) is 4.79 Å². The van der Waals surface area contributed by atoms with E-state index in [9.17, 15) is 4.79 Å². The van der Waals surface area contributed by atoms with Gasteiger partial charge in [0.05, 0.1) is 0 Å². The van der Waals surface area contributed by atoms with Crippen molar-refractivity contribution in [3.63, 3.8) is 0 Å². The first-order valence-corrected chi connectivity index (χ1v) is 6.68. The van der Waals surface area contributed by atoms with E-state index in [1.165, 1.54) is 6.42 Å². The first kappa shape index (κ1) is 12.4. The van der Waals surface area contributed by atoms with E-state index < -0.39 is 0 Å². The molecule has 0 aliphatic carbocycles. The number of carbonyl (C=O) groups is 1. The third-order valence-electron chi connectivity index (χ3n) is 4.31. The summed E-state index contributed by atoms with van der Waals surface area (Å²) in [6, 6.07) is 0. The van der Waals surface area contributed by atoms with Crippen LogP contribution in [0.1, 0.15) is 39.5 Å². The SMILES string of the molecule is CC#CC(=O)N1CCCC12CCN(CC)CC2. The highest BCUT2D eigenvalue weighted by Gasteiger charge is 2.44. The van der Waals surface area contributed by atoms with Gasteiger partial charge in [0.15, 0.2) is 0 Å². The third kappa shape index (κ3) is 2.32. The van der Waals surface area contributed by atoms with Crippen LogP contribution in [0.2, 0.25) is 0 Å². The van der Waals surface area contributed by atoms with Crippen molar-refractivity contribution in [2.45, 2.75) is 45.1 Å². The molecule has 2 rings (SSSR count). The van der Waals surface area contributed by atoms with E-state index in [1.54, 1.807) is 6.92 Å². The van der Waals surface area contributed by atoms with Gasteiger partial charge < -0.3 is 9.80 Å². The van der Waals surface area contributed by atoms with Crippen molar-refractivity contribution < 1.29 is 4.79 Å². The number of likely N-dealkylation sites (tertiary alicyclic amines) is 2. The summed E-state index contributed by atoms with van der Waals surface area (Å²) in [5.41, 5.74) is 0.132. The molecule has 2 saturated heterocycles. The van der Waals surface area contributed by atoms with E-state index >= 15 is 0 Å². The van der Waals surface area contributed by atoms with Gasteiger partial charge in [0, 0.05) is 25.2 Å². The van der Waals surface area contributed by atoms with Crippen molar-refractivity contribution in [2.75, 3.05) is 26.2 Å². The number of piperidine rings is 1. The summed E-state index contributed by atoms with van der Waals surface area (Å²) in [5.74, 6) is 5.48. The molecule has 0 aromatic rings. The Kier molecular flexibility index (Phi) is 3.73. The van der Waals surface area contributed by atoms with Gasteiger partial charge in [-0.25, -0.2) is 0 Å². The van der Waals surface area contributed by atoms with E-state index in [0.717, 1.165) is 45.4 Å².